The molecule has 0 unspecified atom stereocenters. The van der Waals surface area contributed by atoms with E-state index in [1.54, 1.807) is 54.6 Å². The number of nitrogens with one attached hydrogen (secondary N) is 1. The van der Waals surface area contributed by atoms with E-state index in [1.165, 1.54) is 11.9 Å². The molecule has 0 spiro atoms. The number of aromatic nitrogens is 2. The van der Waals surface area contributed by atoms with Crippen LogP contribution in [0.1, 0.15) is 31.8 Å². The molecule has 0 saturated carbocycles. The van der Waals surface area contributed by atoms with Gasteiger partial charge < -0.3 is 10.2 Å². The number of carbonyl (C=O) groups excluding carboxylic acids is 2. The molecule has 1 aromatic heterocycles. The SMILES string of the molecule is O=C(Nc1cc(N2CCN(Cc3ccccc3)CC2)ncn1)c1ccccc1C(=O)c1ccccc1. The van der Waals surface area contributed by atoms with Crippen LogP contribution in [0, 0.1) is 0 Å². The van der Waals surface area contributed by atoms with E-state index in [-0.39, 0.29) is 11.7 Å². The maximum Gasteiger partial charge on any atom is 0.257 e. The molecule has 1 aliphatic rings. The zero-order valence-electron chi connectivity index (χ0n) is 19.9. The average Bonchev–Trinajstić information content (AvgIpc) is 2.94. The van der Waals surface area contributed by atoms with E-state index in [0.29, 0.717) is 22.5 Å². The van der Waals surface area contributed by atoms with E-state index in [0.717, 1.165) is 38.5 Å². The standard InChI is InChI=1S/C29H27N5O2/c35-28(23-11-5-2-6-12-23)24-13-7-8-14-25(24)29(36)32-26-19-27(31-21-30-26)34-17-15-33(16-18-34)20-22-9-3-1-4-10-22/h1-14,19,21H,15-18,20H2,(H,30,31,32,36). The van der Waals surface area contributed by atoms with Crippen molar-refractivity contribution >= 4 is 23.3 Å². The van der Waals surface area contributed by atoms with Gasteiger partial charge in [0.25, 0.3) is 5.91 Å². The second-order valence-electron chi connectivity index (χ2n) is 8.71. The van der Waals surface area contributed by atoms with Gasteiger partial charge in [-0.2, -0.15) is 0 Å². The molecular formula is C29H27N5O2. The number of anilines is 2. The summed E-state index contributed by atoms with van der Waals surface area (Å²) in [5.74, 6) is 0.595. The average molecular weight is 478 g/mol. The third-order valence-corrected chi connectivity index (χ3v) is 6.29. The van der Waals surface area contributed by atoms with Crippen LogP contribution in [0.25, 0.3) is 0 Å². The number of nitrogens with zero attached hydrogens (tertiary/aromatic N) is 4. The van der Waals surface area contributed by atoms with Crippen LogP contribution < -0.4 is 10.2 Å². The molecule has 3 aromatic carbocycles. The van der Waals surface area contributed by atoms with Crippen molar-refractivity contribution in [3.05, 3.63) is 120 Å². The monoisotopic (exact) mass is 477 g/mol. The molecule has 7 nitrogen and oxygen atoms in total. The van der Waals surface area contributed by atoms with Crippen molar-refractivity contribution in [2.24, 2.45) is 0 Å². The predicted octanol–water partition coefficient (Wildman–Crippen LogP) is 4.28. The molecule has 0 bridgehead atoms. The quantitative estimate of drug-likeness (QED) is 0.400. The van der Waals surface area contributed by atoms with Gasteiger partial charge in [-0.15, -0.1) is 0 Å². The summed E-state index contributed by atoms with van der Waals surface area (Å²) in [5.41, 5.74) is 2.50. The number of ketones is 1. The first-order valence-corrected chi connectivity index (χ1v) is 12.0. The summed E-state index contributed by atoms with van der Waals surface area (Å²) in [6, 6.07) is 28.0. The second kappa shape index (κ2) is 10.9. The number of hydrogen-bond donors (Lipinski definition) is 1. The van der Waals surface area contributed by atoms with E-state index < -0.39 is 0 Å². The Morgan fingerprint density at radius 2 is 1.39 bits per heavy atom. The summed E-state index contributed by atoms with van der Waals surface area (Å²) in [4.78, 5) is 39.4. The van der Waals surface area contributed by atoms with E-state index >= 15 is 0 Å². The molecule has 36 heavy (non-hydrogen) atoms. The fourth-order valence-corrected chi connectivity index (χ4v) is 4.37. The highest BCUT2D eigenvalue weighted by Crippen LogP contribution is 2.20. The Bertz CT molecular complexity index is 1340. The zero-order chi connectivity index (χ0) is 24.7. The summed E-state index contributed by atoms with van der Waals surface area (Å²) in [6.07, 6.45) is 1.46. The fraction of sp³-hybridized carbons (Fsp3) is 0.172. The van der Waals surface area contributed by atoms with Crippen LogP contribution >= 0.6 is 0 Å². The van der Waals surface area contributed by atoms with E-state index in [2.05, 4.69) is 49.4 Å². The zero-order valence-corrected chi connectivity index (χ0v) is 19.9. The molecule has 1 saturated heterocycles. The van der Waals surface area contributed by atoms with Crippen molar-refractivity contribution < 1.29 is 9.59 Å². The molecule has 1 N–H and O–H groups in total. The van der Waals surface area contributed by atoms with E-state index in [4.69, 9.17) is 0 Å². The van der Waals surface area contributed by atoms with Crippen LogP contribution in [-0.4, -0.2) is 52.7 Å². The highest BCUT2D eigenvalue weighted by Gasteiger charge is 2.21. The number of benzene rings is 3. The van der Waals surface area contributed by atoms with Gasteiger partial charge in [0.2, 0.25) is 0 Å². The largest absolute Gasteiger partial charge is 0.354 e. The third-order valence-electron chi connectivity index (χ3n) is 6.29. The van der Waals surface area contributed by atoms with E-state index in [9.17, 15) is 9.59 Å². The van der Waals surface area contributed by atoms with Gasteiger partial charge >= 0.3 is 0 Å². The van der Waals surface area contributed by atoms with Crippen LogP contribution in [0.3, 0.4) is 0 Å². The Kier molecular flexibility index (Phi) is 7.10. The number of piperazine rings is 1. The molecule has 1 fully saturated rings. The van der Waals surface area contributed by atoms with Gasteiger partial charge in [-0.25, -0.2) is 9.97 Å². The Balaban J connectivity index is 1.25. The molecule has 1 aliphatic heterocycles. The first-order chi connectivity index (χ1) is 17.7. The molecule has 0 radical (unpaired) electrons. The highest BCUT2D eigenvalue weighted by atomic mass is 16.2. The number of rotatable bonds is 7. The van der Waals surface area contributed by atoms with Gasteiger partial charge in [0, 0.05) is 49.9 Å². The van der Waals surface area contributed by atoms with Gasteiger partial charge in [-0.1, -0.05) is 78.9 Å². The van der Waals surface area contributed by atoms with Crippen LogP contribution in [0.4, 0.5) is 11.6 Å². The third kappa shape index (κ3) is 5.47. The van der Waals surface area contributed by atoms with Crippen LogP contribution in [0.15, 0.2) is 97.3 Å². The molecule has 0 aliphatic carbocycles. The fourth-order valence-electron chi connectivity index (χ4n) is 4.37. The highest BCUT2D eigenvalue weighted by molar-refractivity contribution is 6.17. The summed E-state index contributed by atoms with van der Waals surface area (Å²) in [7, 11) is 0. The van der Waals surface area contributed by atoms with Crippen LogP contribution in [0.5, 0.6) is 0 Å². The van der Waals surface area contributed by atoms with Gasteiger partial charge in [-0.3, -0.25) is 14.5 Å². The molecule has 1 amide bonds. The topological polar surface area (TPSA) is 78.4 Å². The van der Waals surface area contributed by atoms with E-state index in [1.807, 2.05) is 12.1 Å². The first-order valence-electron chi connectivity index (χ1n) is 12.0. The predicted molar refractivity (Wildman–Crippen MR) is 140 cm³/mol. The smallest absolute Gasteiger partial charge is 0.257 e. The first kappa shape index (κ1) is 23.4. The molecule has 4 aromatic rings. The summed E-state index contributed by atoms with van der Waals surface area (Å²) >= 11 is 0. The van der Waals surface area contributed by atoms with Crippen molar-refractivity contribution in [1.29, 1.82) is 0 Å². The minimum Gasteiger partial charge on any atom is -0.354 e. The molecule has 7 heteroatoms. The molecule has 5 rings (SSSR count). The number of hydrogen-bond acceptors (Lipinski definition) is 6. The summed E-state index contributed by atoms with van der Waals surface area (Å²) in [5, 5.41) is 2.85. The second-order valence-corrected chi connectivity index (χ2v) is 8.71. The summed E-state index contributed by atoms with van der Waals surface area (Å²) < 4.78 is 0. The molecule has 180 valence electrons. The van der Waals surface area contributed by atoms with Crippen molar-refractivity contribution in [3.63, 3.8) is 0 Å². The van der Waals surface area contributed by atoms with Gasteiger partial charge in [0.1, 0.15) is 18.0 Å². The van der Waals surface area contributed by atoms with Crippen molar-refractivity contribution in [3.8, 4) is 0 Å². The minimum absolute atomic E-state index is 0.196. The van der Waals surface area contributed by atoms with Crippen LogP contribution in [0.2, 0.25) is 0 Å². The lowest BCUT2D eigenvalue weighted by atomic mass is 9.98. The van der Waals surface area contributed by atoms with Crippen molar-refractivity contribution in [1.82, 2.24) is 14.9 Å². The van der Waals surface area contributed by atoms with Gasteiger partial charge in [0.05, 0.1) is 5.56 Å². The normalized spacial score (nSPS) is 13.8. The Labute approximate surface area is 210 Å². The Morgan fingerprint density at radius 1 is 0.750 bits per heavy atom. The molecule has 2 heterocycles. The van der Waals surface area contributed by atoms with Gasteiger partial charge in [0.15, 0.2) is 5.78 Å². The van der Waals surface area contributed by atoms with Crippen molar-refractivity contribution in [2.75, 3.05) is 36.4 Å². The maximum absolute atomic E-state index is 13.1. The number of carbonyl (C=O) groups is 2. The molecule has 0 atom stereocenters. The lowest BCUT2D eigenvalue weighted by molar-refractivity contribution is 0.0996. The maximum atomic E-state index is 13.1. The summed E-state index contributed by atoms with van der Waals surface area (Å²) in [6.45, 7) is 4.46. The van der Waals surface area contributed by atoms with Crippen molar-refractivity contribution in [2.45, 2.75) is 6.54 Å². The van der Waals surface area contributed by atoms with Gasteiger partial charge in [-0.05, 0) is 11.6 Å². The number of amides is 1. The lowest BCUT2D eigenvalue weighted by Gasteiger charge is -2.35. The van der Waals surface area contributed by atoms with Crippen LogP contribution in [-0.2, 0) is 6.54 Å². The minimum atomic E-state index is -0.382. The lowest BCUT2D eigenvalue weighted by Crippen LogP contribution is -2.46. The Morgan fingerprint density at radius 3 is 2.11 bits per heavy atom. The molecular weight excluding hydrogens is 450 g/mol. The Hall–Kier alpha value is -4.36.